The number of nitrogens with one attached hydrogen (secondary N) is 12. The molecule has 566 valence electrons. The summed E-state index contributed by atoms with van der Waals surface area (Å²) in [7, 11) is 0. The summed E-state index contributed by atoms with van der Waals surface area (Å²) in [6.07, 6.45) is 2.04. The van der Waals surface area contributed by atoms with Crippen LogP contribution in [0.4, 0.5) is 0 Å². The van der Waals surface area contributed by atoms with E-state index in [4.69, 9.17) is 40.1 Å². The number of aliphatic hydroxyl groups excluding tert-OH is 1. The van der Waals surface area contributed by atoms with Crippen LogP contribution in [-0.4, -0.2) is 198 Å². The van der Waals surface area contributed by atoms with Crippen LogP contribution in [-0.2, 0) is 62.3 Å². The van der Waals surface area contributed by atoms with E-state index in [0.29, 0.717) is 25.7 Å². The number of unbranched alkanes of at least 4 members (excludes halogenated alkanes) is 2. The minimum Gasteiger partial charge on any atom is -0.394 e. The van der Waals surface area contributed by atoms with Gasteiger partial charge in [0.25, 0.3) is 0 Å². The Bertz CT molecular complexity index is 2720. The zero-order valence-electron chi connectivity index (χ0n) is 60.7. The molecule has 10 atom stereocenters. The fourth-order valence-corrected chi connectivity index (χ4v) is 9.97. The van der Waals surface area contributed by atoms with E-state index in [1.54, 1.807) is 27.7 Å². The summed E-state index contributed by atoms with van der Waals surface area (Å²) in [4.78, 5) is 187. The lowest BCUT2D eigenvalue weighted by Gasteiger charge is -2.32. The van der Waals surface area contributed by atoms with E-state index in [9.17, 15) is 67.4 Å². The third kappa shape index (κ3) is 37.3. The Kier molecular flexibility index (Phi) is 42.0. The van der Waals surface area contributed by atoms with Crippen LogP contribution in [0, 0.1) is 23.7 Å². The van der Waals surface area contributed by atoms with E-state index in [1.165, 1.54) is 41.5 Å². The van der Waals surface area contributed by atoms with Crippen LogP contribution in [0.25, 0.3) is 0 Å². The molecule has 0 saturated carbocycles. The first-order valence-electron chi connectivity index (χ1n) is 34.1. The number of nitrogens with zero attached hydrogens (tertiary/aromatic N) is 2. The molecule has 10 unspecified atom stereocenters. The first-order chi connectivity index (χ1) is 46.0. The maximum atomic E-state index is 14.6. The van der Waals surface area contributed by atoms with Crippen molar-refractivity contribution in [3.05, 3.63) is 0 Å². The molecule has 0 aliphatic heterocycles. The molecule has 0 heterocycles. The number of amides is 13. The number of carbonyl (C=O) groups excluding carboxylic acids is 13. The van der Waals surface area contributed by atoms with Gasteiger partial charge in [-0.15, -0.1) is 0 Å². The summed E-state index contributed by atoms with van der Waals surface area (Å²) in [6.45, 7) is 22.0. The van der Waals surface area contributed by atoms with Gasteiger partial charge in [0.05, 0.1) is 6.61 Å². The van der Waals surface area contributed by atoms with Gasteiger partial charge >= 0.3 is 0 Å². The van der Waals surface area contributed by atoms with Crippen molar-refractivity contribution in [1.82, 2.24) is 63.8 Å². The van der Waals surface area contributed by atoms with Crippen LogP contribution in [0.1, 0.15) is 187 Å². The molecule has 35 heteroatoms. The SMILES string of the molecule is CC(=O)NC(C)C(=O)NC(CO)C(=O)NC(C)(C)C(=O)NC(CC(C)C)C(=O)NC(CCCN=C(N)N)C(=O)NC(CCCCN)C(=O)NC(CC(C)C)C(=O)NC(C)(C)C(=O)NC(CCCCN)C(=O)NC(CCCN=C(N)N)C(=O)NC(CC(C)C)C(=O)NC(CC(C)C)C(N)=O. The largest absolute Gasteiger partial charge is 0.394 e. The van der Waals surface area contributed by atoms with Gasteiger partial charge in [-0.2, -0.15) is 0 Å². The second kappa shape index (κ2) is 46.0. The Morgan fingerprint density at radius 2 is 0.626 bits per heavy atom. The summed E-state index contributed by atoms with van der Waals surface area (Å²) < 4.78 is 0. The first-order valence-corrected chi connectivity index (χ1v) is 34.1. The fraction of sp³-hybridized carbons (Fsp3) is 0.766. The Morgan fingerprint density at radius 3 is 0.949 bits per heavy atom. The summed E-state index contributed by atoms with van der Waals surface area (Å²) in [6, 6.07) is -12.9. The van der Waals surface area contributed by atoms with Gasteiger partial charge in [-0.1, -0.05) is 55.4 Å². The predicted molar refractivity (Wildman–Crippen MR) is 375 cm³/mol. The second-order valence-electron chi connectivity index (χ2n) is 27.7. The highest BCUT2D eigenvalue weighted by molar-refractivity contribution is 6.01. The third-order valence-corrected chi connectivity index (χ3v) is 15.3. The van der Waals surface area contributed by atoms with Crippen LogP contribution in [0.15, 0.2) is 9.98 Å². The number of nitrogens with two attached hydrogens (primary N) is 7. The van der Waals surface area contributed by atoms with Crippen LogP contribution in [0.2, 0.25) is 0 Å². The van der Waals surface area contributed by atoms with Gasteiger partial charge in [-0.3, -0.25) is 72.3 Å². The fourth-order valence-electron chi connectivity index (χ4n) is 9.97. The van der Waals surface area contributed by atoms with Gasteiger partial charge in [0.15, 0.2) is 11.9 Å². The number of primary amides is 1. The number of guanidine groups is 2. The van der Waals surface area contributed by atoms with Crippen molar-refractivity contribution in [1.29, 1.82) is 0 Å². The molecule has 35 nitrogen and oxygen atoms in total. The number of carbonyl (C=O) groups is 13. The molecule has 99 heavy (non-hydrogen) atoms. The van der Waals surface area contributed by atoms with Gasteiger partial charge in [-0.05, 0) is 161 Å². The highest BCUT2D eigenvalue weighted by Gasteiger charge is 2.40. The molecule has 13 amide bonds. The number of rotatable bonds is 49. The average molecular weight is 1410 g/mol. The lowest BCUT2D eigenvalue weighted by molar-refractivity contribution is -0.138. The summed E-state index contributed by atoms with van der Waals surface area (Å²) in [5.74, 6) is -11.4. The van der Waals surface area contributed by atoms with Crippen molar-refractivity contribution in [2.24, 2.45) is 73.8 Å². The second-order valence-corrected chi connectivity index (χ2v) is 27.7. The molecule has 27 N–H and O–H groups in total. The number of hydrogen-bond donors (Lipinski definition) is 20. The summed E-state index contributed by atoms with van der Waals surface area (Å²) in [5, 5.41) is 41.4. The molecule has 0 saturated heterocycles. The predicted octanol–water partition coefficient (Wildman–Crippen LogP) is -4.31. The quantitative estimate of drug-likeness (QED) is 0.0156. The van der Waals surface area contributed by atoms with Crippen molar-refractivity contribution in [3.8, 4) is 0 Å². The van der Waals surface area contributed by atoms with E-state index in [-0.39, 0.29) is 126 Å². The molecule has 0 fully saturated rings. The van der Waals surface area contributed by atoms with Gasteiger partial charge in [0, 0.05) is 20.0 Å². The maximum Gasteiger partial charge on any atom is 0.245 e. The zero-order chi connectivity index (χ0) is 76.1. The van der Waals surface area contributed by atoms with Crippen LogP contribution >= 0.6 is 0 Å². The first kappa shape index (κ1) is 90.5. The Balaban J connectivity index is 7.11. The van der Waals surface area contributed by atoms with Gasteiger partial charge in [-0.25, -0.2) is 0 Å². The molecule has 0 spiro atoms. The van der Waals surface area contributed by atoms with Crippen LogP contribution in [0.5, 0.6) is 0 Å². The zero-order valence-corrected chi connectivity index (χ0v) is 60.7. The number of hydrogen-bond acceptors (Lipinski definition) is 18. The third-order valence-electron chi connectivity index (χ3n) is 15.3. The molecule has 0 aromatic rings. The van der Waals surface area contributed by atoms with Crippen LogP contribution < -0.4 is 104 Å². The maximum absolute atomic E-state index is 14.6. The standard InChI is InChI=1S/C64H121N21O14/c1-34(2)29-44(49(67)88)78-55(94)45(30-35(3)4)79-53(92)42(24-20-28-73-62(70)71)76-54(93)43(22-16-18-26-66)82-59(98)63(11,12)84-57(96)47(32-37(7)8)80-52(91)40(21-15-17-25-65)75-51(90)41(23-19-27-72-61(68)69)77-56(95)46(31-36(5)6)83-60(99)64(13,14)85-58(97)48(33-86)81-50(89)38(9)74-39(10)87/h34-38,40-48,86H,15-33,65-66H2,1-14H3,(H2,67,88)(H,74,87)(H,75,90)(H,76,93)(H,77,95)(H,78,94)(H,79,92)(H,80,91)(H,81,89)(H,82,98)(H,83,99)(H,84,96)(H,85,97)(H4,68,69,72)(H4,70,71,73). The van der Waals surface area contributed by atoms with Crippen molar-refractivity contribution in [3.63, 3.8) is 0 Å². The van der Waals surface area contributed by atoms with Crippen molar-refractivity contribution >= 4 is 88.7 Å². The monoisotopic (exact) mass is 1410 g/mol. The molecule has 0 bridgehead atoms. The van der Waals surface area contributed by atoms with Gasteiger partial charge in [0.1, 0.15) is 71.5 Å². The minimum absolute atomic E-state index is 0.00852. The summed E-state index contributed by atoms with van der Waals surface area (Å²) in [5.41, 5.74) is 36.0. The van der Waals surface area contributed by atoms with Crippen molar-refractivity contribution in [2.45, 2.75) is 258 Å². The molecule has 0 rings (SSSR count). The molecule has 0 radical (unpaired) electrons. The lowest BCUT2D eigenvalue weighted by Crippen LogP contribution is -2.64. The number of aliphatic hydroxyl groups is 1. The van der Waals surface area contributed by atoms with Gasteiger partial charge < -0.3 is 109 Å². The highest BCUT2D eigenvalue weighted by atomic mass is 16.3. The molecule has 0 aromatic carbocycles. The van der Waals surface area contributed by atoms with E-state index in [1.807, 2.05) is 27.7 Å². The Labute approximate surface area is 582 Å². The van der Waals surface area contributed by atoms with E-state index in [2.05, 4.69) is 73.8 Å². The van der Waals surface area contributed by atoms with E-state index >= 15 is 0 Å². The molecule has 0 aliphatic rings. The van der Waals surface area contributed by atoms with Crippen molar-refractivity contribution < 1.29 is 67.4 Å². The Morgan fingerprint density at radius 1 is 0.354 bits per heavy atom. The van der Waals surface area contributed by atoms with Crippen LogP contribution in [0.3, 0.4) is 0 Å². The normalized spacial score (nSPS) is 14.6. The minimum atomic E-state index is -1.80. The Hall–Kier alpha value is -8.47. The average Bonchev–Trinajstić information content (AvgIpc) is 0.845. The summed E-state index contributed by atoms with van der Waals surface area (Å²) >= 11 is 0. The van der Waals surface area contributed by atoms with E-state index < -0.39 is 155 Å². The number of aliphatic imine (C=N–C) groups is 2. The highest BCUT2D eigenvalue weighted by Crippen LogP contribution is 2.16. The molecular formula is C64H121N21O14. The molecule has 0 aliphatic carbocycles. The van der Waals surface area contributed by atoms with E-state index in [0.717, 1.165) is 0 Å². The topological polar surface area (TPSA) is 593 Å². The lowest BCUT2D eigenvalue weighted by atomic mass is 9.98. The van der Waals surface area contributed by atoms with Gasteiger partial charge in [0.2, 0.25) is 76.8 Å². The van der Waals surface area contributed by atoms with Crippen molar-refractivity contribution in [2.75, 3.05) is 32.8 Å². The smallest absolute Gasteiger partial charge is 0.245 e. The molecule has 0 aromatic heterocycles. The molecular weight excluding hydrogens is 1290 g/mol.